The second kappa shape index (κ2) is 6.26. The third-order valence-corrected chi connectivity index (χ3v) is 4.84. The van der Waals surface area contributed by atoms with Crippen molar-refractivity contribution in [3.63, 3.8) is 0 Å². The number of hydrogen-bond acceptors (Lipinski definition) is 5. The van der Waals surface area contributed by atoms with Gasteiger partial charge in [0.1, 0.15) is 0 Å². The van der Waals surface area contributed by atoms with Crippen molar-refractivity contribution in [2.75, 3.05) is 52.5 Å². The zero-order valence-corrected chi connectivity index (χ0v) is 13.0. The molecule has 5 heteroatoms. The topological polar surface area (TPSA) is 31.3 Å². The number of guanidine groups is 1. The van der Waals surface area contributed by atoms with E-state index in [1.54, 1.807) is 0 Å². The van der Waals surface area contributed by atoms with Crippen LogP contribution >= 0.6 is 0 Å². The van der Waals surface area contributed by atoms with Crippen LogP contribution in [0.5, 0.6) is 0 Å². The monoisotopic (exact) mass is 300 g/mol. The Kier molecular flexibility index (Phi) is 3.99. The fourth-order valence-electron chi connectivity index (χ4n) is 3.65. The highest BCUT2D eigenvalue weighted by molar-refractivity contribution is 5.81. The minimum Gasteiger partial charge on any atom is -0.378 e. The van der Waals surface area contributed by atoms with Gasteiger partial charge in [-0.2, -0.15) is 0 Å². The fourth-order valence-corrected chi connectivity index (χ4v) is 3.65. The third-order valence-electron chi connectivity index (χ3n) is 4.84. The molecule has 0 bridgehead atoms. The van der Waals surface area contributed by atoms with Gasteiger partial charge in [0, 0.05) is 39.3 Å². The first kappa shape index (κ1) is 14.0. The maximum absolute atomic E-state index is 5.65. The van der Waals surface area contributed by atoms with Crippen LogP contribution in [-0.4, -0.2) is 79.2 Å². The van der Waals surface area contributed by atoms with E-state index in [4.69, 9.17) is 9.73 Å². The Morgan fingerprint density at radius 1 is 1.09 bits per heavy atom. The smallest absolute Gasteiger partial charge is 0.197 e. The van der Waals surface area contributed by atoms with E-state index < -0.39 is 0 Å². The molecule has 1 atom stereocenters. The Morgan fingerprint density at radius 3 is 2.91 bits per heavy atom. The number of fused-ring (bicyclic) bond motifs is 1. The largest absolute Gasteiger partial charge is 0.378 e. The maximum Gasteiger partial charge on any atom is 0.197 e. The van der Waals surface area contributed by atoms with Crippen molar-refractivity contribution < 1.29 is 4.74 Å². The zero-order chi connectivity index (χ0) is 14.8. The Morgan fingerprint density at radius 2 is 2.00 bits per heavy atom. The van der Waals surface area contributed by atoms with Gasteiger partial charge >= 0.3 is 0 Å². The Bertz CT molecular complexity index is 533. The summed E-state index contributed by atoms with van der Waals surface area (Å²) in [4.78, 5) is 12.2. The first-order chi connectivity index (χ1) is 10.9. The van der Waals surface area contributed by atoms with Gasteiger partial charge in [-0.05, 0) is 5.56 Å². The number of rotatable bonds is 2. The minimum absolute atomic E-state index is 0.532. The number of nitrogens with zero attached hydrogens (tertiary/aromatic N) is 4. The lowest BCUT2D eigenvalue weighted by Gasteiger charge is -2.45. The second-order valence-corrected chi connectivity index (χ2v) is 6.30. The van der Waals surface area contributed by atoms with Crippen LogP contribution in [0.3, 0.4) is 0 Å². The van der Waals surface area contributed by atoms with Crippen molar-refractivity contribution in [3.8, 4) is 0 Å². The molecule has 0 aliphatic carbocycles. The molecular formula is C17H24N4O. The number of piperazine rings is 1. The van der Waals surface area contributed by atoms with E-state index in [0.717, 1.165) is 59.0 Å². The number of morpholine rings is 1. The van der Waals surface area contributed by atoms with Crippen molar-refractivity contribution in [1.29, 1.82) is 0 Å². The lowest BCUT2D eigenvalue weighted by atomic mass is 10.1. The van der Waals surface area contributed by atoms with Gasteiger partial charge in [-0.15, -0.1) is 0 Å². The summed E-state index contributed by atoms with van der Waals surface area (Å²) in [5, 5.41) is 0. The van der Waals surface area contributed by atoms with Crippen LogP contribution in [0, 0.1) is 0 Å². The number of benzene rings is 1. The predicted octanol–water partition coefficient (Wildman–Crippen LogP) is 0.875. The van der Waals surface area contributed by atoms with Crippen LogP contribution in [0.2, 0.25) is 0 Å². The minimum atomic E-state index is 0.532. The van der Waals surface area contributed by atoms with E-state index >= 15 is 0 Å². The Hall–Kier alpha value is -1.59. The van der Waals surface area contributed by atoms with Crippen molar-refractivity contribution >= 4 is 5.96 Å². The molecule has 3 aliphatic heterocycles. The van der Waals surface area contributed by atoms with E-state index in [1.807, 2.05) is 0 Å². The zero-order valence-electron chi connectivity index (χ0n) is 13.0. The molecule has 118 valence electrons. The standard InChI is InChI=1S/C17H24N4O/c1-2-4-15(5-3-1)12-20-7-6-18-17(20)21-9-8-19-10-11-22-14-16(19)13-21/h1-5,16H,6-14H2. The van der Waals surface area contributed by atoms with Gasteiger partial charge in [-0.25, -0.2) is 0 Å². The van der Waals surface area contributed by atoms with Crippen molar-refractivity contribution in [2.24, 2.45) is 4.99 Å². The van der Waals surface area contributed by atoms with Crippen LogP contribution < -0.4 is 0 Å². The van der Waals surface area contributed by atoms with Crippen LogP contribution in [-0.2, 0) is 11.3 Å². The van der Waals surface area contributed by atoms with Crippen LogP contribution in [0.1, 0.15) is 5.56 Å². The van der Waals surface area contributed by atoms with Crippen molar-refractivity contribution in [1.82, 2.24) is 14.7 Å². The summed E-state index contributed by atoms with van der Waals surface area (Å²) in [6, 6.07) is 11.2. The molecule has 3 aliphatic rings. The van der Waals surface area contributed by atoms with Gasteiger partial charge in [-0.3, -0.25) is 9.89 Å². The van der Waals surface area contributed by atoms with Gasteiger partial charge in [0.15, 0.2) is 5.96 Å². The van der Waals surface area contributed by atoms with E-state index in [9.17, 15) is 0 Å². The predicted molar refractivity (Wildman–Crippen MR) is 86.9 cm³/mol. The van der Waals surface area contributed by atoms with Gasteiger partial charge in [0.2, 0.25) is 0 Å². The lowest BCUT2D eigenvalue weighted by Crippen LogP contribution is -2.60. The van der Waals surface area contributed by atoms with E-state index in [1.165, 1.54) is 11.5 Å². The summed E-state index contributed by atoms with van der Waals surface area (Å²) >= 11 is 0. The van der Waals surface area contributed by atoms with Gasteiger partial charge in [0.25, 0.3) is 0 Å². The van der Waals surface area contributed by atoms with Crippen molar-refractivity contribution in [2.45, 2.75) is 12.6 Å². The first-order valence-corrected chi connectivity index (χ1v) is 8.30. The molecule has 2 fully saturated rings. The number of ether oxygens (including phenoxy) is 1. The quantitative estimate of drug-likeness (QED) is 0.811. The second-order valence-electron chi connectivity index (χ2n) is 6.30. The third kappa shape index (κ3) is 2.83. The maximum atomic E-state index is 5.65. The Labute approximate surface area is 132 Å². The van der Waals surface area contributed by atoms with E-state index in [2.05, 4.69) is 45.0 Å². The van der Waals surface area contributed by atoms with Gasteiger partial charge < -0.3 is 14.5 Å². The summed E-state index contributed by atoms with van der Waals surface area (Å²) in [5.74, 6) is 1.19. The molecule has 0 radical (unpaired) electrons. The normalized spacial score (nSPS) is 26.0. The molecule has 0 aromatic heterocycles. The molecule has 1 unspecified atom stereocenters. The molecule has 22 heavy (non-hydrogen) atoms. The van der Waals surface area contributed by atoms with Crippen LogP contribution in [0.15, 0.2) is 35.3 Å². The number of hydrogen-bond donors (Lipinski definition) is 0. The highest BCUT2D eigenvalue weighted by atomic mass is 16.5. The molecule has 3 heterocycles. The molecule has 0 saturated carbocycles. The summed E-state index contributed by atoms with van der Waals surface area (Å²) in [6.45, 7) is 9.01. The molecule has 2 saturated heterocycles. The summed E-state index contributed by atoms with van der Waals surface area (Å²) in [6.07, 6.45) is 0. The lowest BCUT2D eigenvalue weighted by molar-refractivity contribution is -0.0341. The molecule has 0 amide bonds. The number of aliphatic imine (C=N–C) groups is 1. The van der Waals surface area contributed by atoms with Crippen molar-refractivity contribution in [3.05, 3.63) is 35.9 Å². The van der Waals surface area contributed by atoms with Gasteiger partial charge in [-0.1, -0.05) is 30.3 Å². The molecule has 4 rings (SSSR count). The summed E-state index contributed by atoms with van der Waals surface area (Å²) in [5.41, 5.74) is 1.36. The van der Waals surface area contributed by atoms with Crippen LogP contribution in [0.4, 0.5) is 0 Å². The average molecular weight is 300 g/mol. The summed E-state index contributed by atoms with van der Waals surface area (Å²) < 4.78 is 5.65. The highest BCUT2D eigenvalue weighted by Crippen LogP contribution is 2.18. The molecule has 1 aromatic carbocycles. The summed E-state index contributed by atoms with van der Waals surface area (Å²) in [7, 11) is 0. The Balaban J connectivity index is 1.43. The molecular weight excluding hydrogens is 276 g/mol. The van der Waals surface area contributed by atoms with E-state index in [-0.39, 0.29) is 0 Å². The first-order valence-electron chi connectivity index (χ1n) is 8.30. The van der Waals surface area contributed by atoms with Crippen LogP contribution in [0.25, 0.3) is 0 Å². The molecule has 0 N–H and O–H groups in total. The molecule has 0 spiro atoms. The van der Waals surface area contributed by atoms with E-state index in [0.29, 0.717) is 6.04 Å². The highest BCUT2D eigenvalue weighted by Gasteiger charge is 2.33. The fraction of sp³-hybridized carbons (Fsp3) is 0.588. The molecule has 5 nitrogen and oxygen atoms in total. The molecule has 1 aromatic rings. The SMILES string of the molecule is c1ccc(CN2CCN=C2N2CCN3CCOCC3C2)cc1. The average Bonchev–Trinajstić information content (AvgIpc) is 3.03. The van der Waals surface area contributed by atoms with Gasteiger partial charge in [0.05, 0.1) is 25.8 Å².